The summed E-state index contributed by atoms with van der Waals surface area (Å²) in [7, 11) is 1.63. The number of carbonyl (C=O) groups excluding carboxylic acids is 3. The fourth-order valence-corrected chi connectivity index (χ4v) is 5.11. The van der Waals surface area contributed by atoms with Crippen molar-refractivity contribution in [1.82, 2.24) is 20.1 Å². The van der Waals surface area contributed by atoms with E-state index in [-0.39, 0.29) is 17.7 Å². The Morgan fingerprint density at radius 3 is 2.21 bits per heavy atom. The van der Waals surface area contributed by atoms with Gasteiger partial charge in [0, 0.05) is 45.0 Å². The van der Waals surface area contributed by atoms with Crippen LogP contribution in [0.25, 0.3) is 0 Å². The molecule has 8 heteroatoms. The first-order valence-corrected chi connectivity index (χ1v) is 11.3. The number of benzene rings is 1. The number of aryl methyl sites for hydroxylation is 2. The lowest BCUT2D eigenvalue weighted by molar-refractivity contribution is -0.129. The molecule has 0 radical (unpaired) electrons. The smallest absolute Gasteiger partial charge is 0.325 e. The Bertz CT molecular complexity index is 1090. The van der Waals surface area contributed by atoms with Crippen LogP contribution in [0.1, 0.15) is 40.9 Å². The van der Waals surface area contributed by atoms with Gasteiger partial charge in [-0.05, 0) is 48.6 Å². The van der Waals surface area contributed by atoms with Crippen LogP contribution in [-0.4, -0.2) is 65.9 Å². The summed E-state index contributed by atoms with van der Waals surface area (Å²) in [6.07, 6.45) is 1.88. The zero-order valence-corrected chi connectivity index (χ0v) is 19.9. The molecule has 0 aliphatic carbocycles. The molecule has 1 aromatic carbocycles. The number of rotatable bonds is 4. The van der Waals surface area contributed by atoms with Crippen LogP contribution in [0, 0.1) is 19.8 Å². The zero-order chi connectivity index (χ0) is 23.9. The van der Waals surface area contributed by atoms with Crippen LogP contribution in [0.3, 0.4) is 0 Å². The number of nitrogens with one attached hydrogen (secondary N) is 1. The lowest BCUT2D eigenvalue weighted by Crippen LogP contribution is -2.49. The highest BCUT2D eigenvalue weighted by Crippen LogP contribution is 2.39. The minimum absolute atomic E-state index is 0.0336. The summed E-state index contributed by atoms with van der Waals surface area (Å²) in [4.78, 5) is 48.1. The molecule has 0 bridgehead atoms. The predicted octanol–water partition coefficient (Wildman–Crippen LogP) is 2.69. The van der Waals surface area contributed by atoms with Gasteiger partial charge in [0.1, 0.15) is 5.82 Å². The van der Waals surface area contributed by atoms with Gasteiger partial charge in [-0.15, -0.1) is 0 Å². The van der Waals surface area contributed by atoms with E-state index < -0.39 is 11.6 Å². The maximum Gasteiger partial charge on any atom is 0.325 e. The average Bonchev–Trinajstić information content (AvgIpc) is 3.02. The molecule has 0 saturated carbocycles. The van der Waals surface area contributed by atoms with E-state index in [1.165, 1.54) is 4.90 Å². The Morgan fingerprint density at radius 2 is 1.70 bits per heavy atom. The van der Waals surface area contributed by atoms with Crippen LogP contribution in [0.2, 0.25) is 0 Å². The number of hydrogen-bond donors (Lipinski definition) is 1. The van der Waals surface area contributed by atoms with Gasteiger partial charge in [0.2, 0.25) is 0 Å². The van der Waals surface area contributed by atoms with Gasteiger partial charge in [-0.25, -0.2) is 9.78 Å². The van der Waals surface area contributed by atoms with Crippen molar-refractivity contribution >= 4 is 23.7 Å². The maximum absolute atomic E-state index is 13.1. The van der Waals surface area contributed by atoms with Gasteiger partial charge in [0.15, 0.2) is 5.54 Å². The number of urea groups is 1. The average molecular weight is 450 g/mol. The number of hydrogen-bond acceptors (Lipinski definition) is 5. The summed E-state index contributed by atoms with van der Waals surface area (Å²) in [6.45, 7) is 10.6. The van der Waals surface area contributed by atoms with Crippen molar-refractivity contribution in [3.05, 3.63) is 58.8 Å². The summed E-state index contributed by atoms with van der Waals surface area (Å²) in [6, 6.07) is 8.80. The molecule has 0 spiro atoms. The summed E-state index contributed by atoms with van der Waals surface area (Å²) < 4.78 is 0. The lowest BCUT2D eigenvalue weighted by atomic mass is 9.78. The second kappa shape index (κ2) is 8.50. The second-order valence-corrected chi connectivity index (χ2v) is 9.25. The molecular weight excluding hydrogens is 418 g/mol. The van der Waals surface area contributed by atoms with Gasteiger partial charge < -0.3 is 14.7 Å². The number of imide groups is 1. The molecule has 2 aromatic rings. The normalized spacial score (nSPS) is 21.1. The first-order valence-electron chi connectivity index (χ1n) is 11.3. The van der Waals surface area contributed by atoms with Gasteiger partial charge in [0.25, 0.3) is 11.8 Å². The van der Waals surface area contributed by atoms with Crippen molar-refractivity contribution in [3.8, 4) is 0 Å². The lowest BCUT2D eigenvalue weighted by Gasteiger charge is -2.37. The van der Waals surface area contributed by atoms with Gasteiger partial charge in [-0.2, -0.15) is 0 Å². The molecule has 2 aliphatic heterocycles. The van der Waals surface area contributed by atoms with Gasteiger partial charge in [-0.3, -0.25) is 14.9 Å². The highest BCUT2D eigenvalue weighted by Gasteiger charge is 2.54. The Kier molecular flexibility index (Phi) is 5.86. The molecule has 2 saturated heterocycles. The first-order chi connectivity index (χ1) is 15.7. The topological polar surface area (TPSA) is 85.9 Å². The van der Waals surface area contributed by atoms with Crippen LogP contribution in [0.5, 0.6) is 0 Å². The molecule has 174 valence electrons. The minimum atomic E-state index is -1.08. The van der Waals surface area contributed by atoms with E-state index in [2.05, 4.69) is 28.2 Å². The molecule has 8 nitrogen and oxygen atoms in total. The molecular formula is C25H31N5O3. The standard InChI is InChI=1S/C25H31N5O3/c1-16(2)25(23(32)27-24(33)28(25)5)20-8-6-19(7-9-20)22(31)30-12-10-29(11-13-30)21-18(4)14-17(3)15-26-21/h6-9,14-16H,10-13H2,1-5H3,(H,27,32,33). The molecule has 1 unspecified atom stereocenters. The summed E-state index contributed by atoms with van der Waals surface area (Å²) >= 11 is 0. The van der Waals surface area contributed by atoms with Crippen LogP contribution < -0.4 is 10.2 Å². The highest BCUT2D eigenvalue weighted by molar-refractivity contribution is 6.07. The fraction of sp³-hybridized carbons (Fsp3) is 0.440. The molecule has 3 heterocycles. The zero-order valence-electron chi connectivity index (χ0n) is 19.9. The summed E-state index contributed by atoms with van der Waals surface area (Å²) in [5.41, 5.74) is 2.47. The van der Waals surface area contributed by atoms with E-state index in [4.69, 9.17) is 0 Å². The number of likely N-dealkylation sites (N-methyl/N-ethyl adjacent to an activating group) is 1. The Balaban J connectivity index is 1.48. The molecule has 1 aromatic heterocycles. The maximum atomic E-state index is 13.1. The van der Waals surface area contributed by atoms with Crippen molar-refractivity contribution in [2.45, 2.75) is 33.2 Å². The van der Waals surface area contributed by atoms with E-state index in [1.807, 2.05) is 31.9 Å². The molecule has 1 N–H and O–H groups in total. The third-order valence-electron chi connectivity index (χ3n) is 6.86. The Morgan fingerprint density at radius 1 is 1.06 bits per heavy atom. The van der Waals surface area contributed by atoms with Gasteiger partial charge >= 0.3 is 6.03 Å². The summed E-state index contributed by atoms with van der Waals surface area (Å²) in [5, 5.41) is 2.41. The van der Waals surface area contributed by atoms with Crippen LogP contribution in [-0.2, 0) is 10.3 Å². The Labute approximate surface area is 194 Å². The van der Waals surface area contributed by atoms with E-state index in [9.17, 15) is 14.4 Å². The van der Waals surface area contributed by atoms with Crippen molar-refractivity contribution in [2.75, 3.05) is 38.1 Å². The third-order valence-corrected chi connectivity index (χ3v) is 6.86. The monoisotopic (exact) mass is 449 g/mol. The molecule has 4 rings (SSSR count). The summed E-state index contributed by atoms with van der Waals surface area (Å²) in [5.74, 6) is 0.473. The molecule has 33 heavy (non-hydrogen) atoms. The molecule has 2 fully saturated rings. The number of pyridine rings is 1. The molecule has 1 atom stereocenters. The number of piperazine rings is 1. The van der Waals surface area contributed by atoms with Crippen molar-refractivity contribution in [3.63, 3.8) is 0 Å². The van der Waals surface area contributed by atoms with Crippen LogP contribution in [0.4, 0.5) is 10.6 Å². The SMILES string of the molecule is Cc1cnc(N2CCN(C(=O)c3ccc(C4(C(C)C)C(=O)NC(=O)N4C)cc3)CC2)c(C)c1. The van der Waals surface area contributed by atoms with Crippen molar-refractivity contribution < 1.29 is 14.4 Å². The number of carbonyl (C=O) groups is 3. The number of anilines is 1. The van der Waals surface area contributed by atoms with Crippen molar-refractivity contribution in [1.29, 1.82) is 0 Å². The van der Waals surface area contributed by atoms with E-state index in [0.29, 0.717) is 24.2 Å². The van der Waals surface area contributed by atoms with Gasteiger partial charge in [-0.1, -0.05) is 32.0 Å². The van der Waals surface area contributed by atoms with Crippen LogP contribution in [0.15, 0.2) is 36.5 Å². The van der Waals surface area contributed by atoms with E-state index in [1.54, 1.807) is 31.3 Å². The van der Waals surface area contributed by atoms with E-state index >= 15 is 0 Å². The van der Waals surface area contributed by atoms with Gasteiger partial charge in [0.05, 0.1) is 0 Å². The number of amides is 4. The van der Waals surface area contributed by atoms with Crippen molar-refractivity contribution in [2.24, 2.45) is 5.92 Å². The quantitative estimate of drug-likeness (QED) is 0.726. The third kappa shape index (κ3) is 3.73. The molecule has 2 aliphatic rings. The highest BCUT2D eigenvalue weighted by atomic mass is 16.2. The number of aromatic nitrogens is 1. The minimum Gasteiger partial charge on any atom is -0.353 e. The fourth-order valence-electron chi connectivity index (χ4n) is 5.11. The van der Waals surface area contributed by atoms with E-state index in [0.717, 1.165) is 30.0 Å². The molecule has 4 amide bonds. The largest absolute Gasteiger partial charge is 0.353 e. The van der Waals surface area contributed by atoms with Crippen LogP contribution >= 0.6 is 0 Å². The number of nitrogens with zero attached hydrogens (tertiary/aromatic N) is 4. The first kappa shape index (κ1) is 22.8. The predicted molar refractivity (Wildman–Crippen MR) is 126 cm³/mol. The second-order valence-electron chi connectivity index (χ2n) is 9.25. The Hall–Kier alpha value is -3.42.